The second kappa shape index (κ2) is 7.87. The Hall–Kier alpha value is -3.48. The number of nitrogens with zero attached hydrogens (tertiary/aromatic N) is 1. The van der Waals surface area contributed by atoms with Crippen LogP contribution in [0.1, 0.15) is 21.7 Å². The Morgan fingerprint density at radius 2 is 1.76 bits per heavy atom. The van der Waals surface area contributed by atoms with Gasteiger partial charge >= 0.3 is 5.97 Å². The van der Waals surface area contributed by atoms with Crippen molar-refractivity contribution >= 4 is 22.8 Å². The molecule has 0 saturated carbocycles. The highest BCUT2D eigenvalue weighted by atomic mass is 16.5. The van der Waals surface area contributed by atoms with Crippen LogP contribution >= 0.6 is 0 Å². The lowest BCUT2D eigenvalue weighted by Crippen LogP contribution is -2.38. The van der Waals surface area contributed by atoms with Gasteiger partial charge < -0.3 is 23.5 Å². The van der Waals surface area contributed by atoms with Crippen LogP contribution in [0.15, 0.2) is 46.9 Å². The van der Waals surface area contributed by atoms with Gasteiger partial charge in [0, 0.05) is 18.5 Å². The molecule has 1 amide bonds. The molecule has 7 heteroatoms. The van der Waals surface area contributed by atoms with Crippen molar-refractivity contribution in [2.24, 2.45) is 0 Å². The molecule has 1 aromatic heterocycles. The predicted octanol–water partition coefficient (Wildman–Crippen LogP) is 3.19. The number of furan rings is 1. The molecular weight excluding hydrogens is 374 g/mol. The quantitative estimate of drug-likeness (QED) is 0.618. The van der Waals surface area contributed by atoms with Crippen LogP contribution in [0.2, 0.25) is 0 Å². The number of methoxy groups -OCH3 is 2. The first kappa shape index (κ1) is 18.9. The molecule has 150 valence electrons. The van der Waals surface area contributed by atoms with Crippen LogP contribution in [0.3, 0.4) is 0 Å². The van der Waals surface area contributed by atoms with E-state index in [1.807, 2.05) is 30.3 Å². The van der Waals surface area contributed by atoms with Crippen molar-refractivity contribution in [3.05, 3.63) is 59.4 Å². The van der Waals surface area contributed by atoms with E-state index >= 15 is 0 Å². The Morgan fingerprint density at radius 1 is 1.03 bits per heavy atom. The number of esters is 1. The number of carbonyl (C=O) groups is 2. The van der Waals surface area contributed by atoms with Gasteiger partial charge in [-0.25, -0.2) is 4.79 Å². The number of fused-ring (bicyclic) bond motifs is 2. The molecule has 2 heterocycles. The lowest BCUT2D eigenvalue weighted by atomic mass is 9.99. The SMILES string of the molecule is COc1cc2c(cc1OC)CN(C(=O)COC(=O)c1cc3ccccc3o1)CC2. The molecule has 1 aliphatic rings. The fraction of sp³-hybridized carbons (Fsp3) is 0.273. The van der Waals surface area contributed by atoms with Crippen LogP contribution in [0, 0.1) is 0 Å². The van der Waals surface area contributed by atoms with Gasteiger partial charge in [0.25, 0.3) is 5.91 Å². The molecule has 0 bridgehead atoms. The fourth-order valence-corrected chi connectivity index (χ4v) is 3.47. The Balaban J connectivity index is 1.40. The summed E-state index contributed by atoms with van der Waals surface area (Å²) in [6, 6.07) is 12.7. The molecule has 4 rings (SSSR count). The van der Waals surface area contributed by atoms with Gasteiger partial charge in [0.15, 0.2) is 18.1 Å². The van der Waals surface area contributed by atoms with Gasteiger partial charge in [0.2, 0.25) is 5.76 Å². The van der Waals surface area contributed by atoms with Crippen LogP contribution in [0.5, 0.6) is 11.5 Å². The van der Waals surface area contributed by atoms with Crippen LogP contribution in [-0.2, 0) is 22.5 Å². The summed E-state index contributed by atoms with van der Waals surface area (Å²) in [6.45, 7) is 0.638. The molecule has 0 N–H and O–H groups in total. The van der Waals surface area contributed by atoms with Crippen molar-refractivity contribution in [2.75, 3.05) is 27.4 Å². The van der Waals surface area contributed by atoms with Crippen molar-refractivity contribution in [3.63, 3.8) is 0 Å². The smallest absolute Gasteiger partial charge is 0.374 e. The Labute approximate surface area is 167 Å². The van der Waals surface area contributed by atoms with Gasteiger partial charge in [-0.05, 0) is 41.8 Å². The van der Waals surface area contributed by atoms with E-state index in [1.54, 1.807) is 31.3 Å². The van der Waals surface area contributed by atoms with Gasteiger partial charge in [-0.15, -0.1) is 0 Å². The van der Waals surface area contributed by atoms with E-state index in [2.05, 4.69) is 0 Å². The van der Waals surface area contributed by atoms with Crippen LogP contribution in [0.4, 0.5) is 0 Å². The summed E-state index contributed by atoms with van der Waals surface area (Å²) in [4.78, 5) is 26.5. The van der Waals surface area contributed by atoms with E-state index < -0.39 is 5.97 Å². The molecule has 7 nitrogen and oxygen atoms in total. The van der Waals surface area contributed by atoms with Crippen molar-refractivity contribution in [2.45, 2.75) is 13.0 Å². The van der Waals surface area contributed by atoms with E-state index in [9.17, 15) is 9.59 Å². The van der Waals surface area contributed by atoms with Crippen LogP contribution in [0.25, 0.3) is 11.0 Å². The molecule has 0 aliphatic carbocycles. The Kier molecular flexibility index (Phi) is 5.12. The third-order valence-corrected chi connectivity index (χ3v) is 5.02. The number of carbonyl (C=O) groups excluding carboxylic acids is 2. The number of ether oxygens (including phenoxy) is 3. The third kappa shape index (κ3) is 3.76. The number of para-hydroxylation sites is 1. The normalized spacial score (nSPS) is 13.1. The summed E-state index contributed by atoms with van der Waals surface area (Å²) in [5, 5.41) is 0.808. The first-order valence-corrected chi connectivity index (χ1v) is 9.26. The maximum Gasteiger partial charge on any atom is 0.374 e. The largest absolute Gasteiger partial charge is 0.493 e. The zero-order chi connectivity index (χ0) is 20.4. The van der Waals surface area contributed by atoms with E-state index in [-0.39, 0.29) is 18.3 Å². The standard InChI is InChI=1S/C22H21NO6/c1-26-18-9-14-7-8-23(12-16(14)11-19(18)27-2)21(24)13-28-22(25)20-10-15-5-3-4-6-17(15)29-20/h3-6,9-11H,7-8,12-13H2,1-2H3. The summed E-state index contributed by atoms with van der Waals surface area (Å²) in [6.07, 6.45) is 0.693. The number of benzene rings is 2. The molecule has 0 fully saturated rings. The summed E-state index contributed by atoms with van der Waals surface area (Å²) in [5.74, 6) is 0.468. The van der Waals surface area contributed by atoms with Gasteiger partial charge in [0.05, 0.1) is 14.2 Å². The van der Waals surface area contributed by atoms with Crippen LogP contribution in [-0.4, -0.2) is 44.1 Å². The Morgan fingerprint density at radius 3 is 2.48 bits per heavy atom. The minimum absolute atomic E-state index is 0.0832. The first-order valence-electron chi connectivity index (χ1n) is 9.26. The fourth-order valence-electron chi connectivity index (χ4n) is 3.47. The van der Waals surface area contributed by atoms with Gasteiger partial charge in [-0.1, -0.05) is 18.2 Å². The zero-order valence-electron chi connectivity index (χ0n) is 16.3. The average molecular weight is 395 g/mol. The van der Waals surface area contributed by atoms with E-state index in [1.165, 1.54) is 0 Å². The van der Waals surface area contributed by atoms with E-state index in [0.717, 1.165) is 16.5 Å². The maximum absolute atomic E-state index is 12.6. The van der Waals surface area contributed by atoms with Crippen LogP contribution < -0.4 is 9.47 Å². The lowest BCUT2D eigenvalue weighted by Gasteiger charge is -2.29. The maximum atomic E-state index is 12.6. The molecule has 3 aromatic rings. The first-order chi connectivity index (χ1) is 14.1. The number of hydrogen-bond donors (Lipinski definition) is 0. The second-order valence-corrected chi connectivity index (χ2v) is 6.77. The summed E-state index contributed by atoms with van der Waals surface area (Å²) >= 11 is 0. The minimum Gasteiger partial charge on any atom is -0.493 e. The highest BCUT2D eigenvalue weighted by Gasteiger charge is 2.24. The van der Waals surface area contributed by atoms with Crippen molar-refractivity contribution in [1.82, 2.24) is 4.90 Å². The minimum atomic E-state index is -0.654. The van der Waals surface area contributed by atoms with Gasteiger partial charge in [-0.3, -0.25) is 4.79 Å². The zero-order valence-corrected chi connectivity index (χ0v) is 16.3. The molecule has 29 heavy (non-hydrogen) atoms. The average Bonchev–Trinajstić information content (AvgIpc) is 3.20. The monoisotopic (exact) mass is 395 g/mol. The second-order valence-electron chi connectivity index (χ2n) is 6.77. The topological polar surface area (TPSA) is 78.2 Å². The summed E-state index contributed by atoms with van der Waals surface area (Å²) in [5.41, 5.74) is 2.71. The molecule has 0 spiro atoms. The third-order valence-electron chi connectivity index (χ3n) is 5.02. The highest BCUT2D eigenvalue weighted by molar-refractivity contribution is 5.93. The van der Waals surface area contributed by atoms with E-state index in [0.29, 0.717) is 36.6 Å². The molecular formula is C22H21NO6. The number of rotatable bonds is 5. The summed E-state index contributed by atoms with van der Waals surface area (Å²) in [7, 11) is 3.17. The molecule has 0 atom stereocenters. The molecule has 0 saturated heterocycles. The lowest BCUT2D eigenvalue weighted by molar-refractivity contribution is -0.135. The Bertz CT molecular complexity index is 1040. The van der Waals surface area contributed by atoms with Gasteiger partial charge in [0.1, 0.15) is 5.58 Å². The molecule has 0 unspecified atom stereocenters. The molecule has 2 aromatic carbocycles. The molecule has 0 radical (unpaired) electrons. The van der Waals surface area contributed by atoms with Crippen molar-refractivity contribution in [1.29, 1.82) is 0 Å². The molecule has 1 aliphatic heterocycles. The van der Waals surface area contributed by atoms with Crippen molar-refractivity contribution in [3.8, 4) is 11.5 Å². The summed E-state index contributed by atoms with van der Waals surface area (Å²) < 4.78 is 21.3. The number of amides is 1. The van der Waals surface area contributed by atoms with E-state index in [4.69, 9.17) is 18.6 Å². The highest BCUT2D eigenvalue weighted by Crippen LogP contribution is 2.33. The predicted molar refractivity (Wildman–Crippen MR) is 105 cm³/mol. The van der Waals surface area contributed by atoms with Gasteiger partial charge in [-0.2, -0.15) is 0 Å². The van der Waals surface area contributed by atoms with Crippen molar-refractivity contribution < 1.29 is 28.2 Å². The number of hydrogen-bond acceptors (Lipinski definition) is 6.